The Morgan fingerprint density at radius 3 is 2.55 bits per heavy atom. The minimum absolute atomic E-state index is 0. The fraction of sp³-hybridized carbons (Fsp3) is 0.538. The first-order valence-electron chi connectivity index (χ1n) is 6.79. The highest BCUT2D eigenvalue weighted by Crippen LogP contribution is 2.22. The summed E-state index contributed by atoms with van der Waals surface area (Å²) in [7, 11) is -3.82. The third-order valence-corrected chi connectivity index (χ3v) is 4.85. The second-order valence-corrected chi connectivity index (χ2v) is 6.59. The van der Waals surface area contributed by atoms with Gasteiger partial charge in [0.15, 0.2) is 0 Å². The Morgan fingerprint density at radius 2 is 2.05 bits per heavy atom. The predicted octanol–water partition coefficient (Wildman–Crippen LogP) is 2.12. The van der Waals surface area contributed by atoms with Gasteiger partial charge in [0.25, 0.3) is 5.69 Å². The number of benzene rings is 1. The highest BCUT2D eigenvalue weighted by Gasteiger charge is 2.23. The standard InChI is InChI=1S/C13H21N3O4S.ClH/c1-3-4-5-11(9-14)15-21(19,20)13-8-12(16(17)18)7-6-10(13)2;/h6-8,11,15H,3-5,9,14H2,1-2H3;1H. The molecule has 0 aliphatic carbocycles. The largest absolute Gasteiger partial charge is 0.329 e. The molecule has 0 saturated carbocycles. The zero-order chi connectivity index (χ0) is 16.0. The second-order valence-electron chi connectivity index (χ2n) is 4.90. The van der Waals surface area contributed by atoms with Crippen LogP contribution in [0.25, 0.3) is 0 Å². The number of sulfonamides is 1. The van der Waals surface area contributed by atoms with E-state index in [1.54, 1.807) is 6.92 Å². The van der Waals surface area contributed by atoms with Crippen LogP contribution < -0.4 is 10.5 Å². The molecule has 0 fully saturated rings. The van der Waals surface area contributed by atoms with Crippen LogP contribution in [0.4, 0.5) is 5.69 Å². The molecule has 0 radical (unpaired) electrons. The van der Waals surface area contributed by atoms with E-state index in [-0.39, 0.29) is 35.6 Å². The van der Waals surface area contributed by atoms with E-state index in [2.05, 4.69) is 4.72 Å². The SMILES string of the molecule is CCCCC(CN)NS(=O)(=O)c1cc([N+](=O)[O-])ccc1C.Cl. The number of hydrogen-bond donors (Lipinski definition) is 2. The van der Waals surface area contributed by atoms with E-state index in [0.29, 0.717) is 12.0 Å². The van der Waals surface area contributed by atoms with Crippen molar-refractivity contribution in [1.82, 2.24) is 4.72 Å². The van der Waals surface area contributed by atoms with Crippen LogP contribution in [0.3, 0.4) is 0 Å². The van der Waals surface area contributed by atoms with E-state index in [1.165, 1.54) is 12.1 Å². The van der Waals surface area contributed by atoms with Gasteiger partial charge in [0.2, 0.25) is 10.0 Å². The summed E-state index contributed by atoms with van der Waals surface area (Å²) in [4.78, 5) is 10.1. The number of aryl methyl sites for hydroxylation is 1. The summed E-state index contributed by atoms with van der Waals surface area (Å²) < 4.78 is 27.3. The first-order chi connectivity index (χ1) is 9.81. The van der Waals surface area contributed by atoms with Gasteiger partial charge in [0, 0.05) is 24.7 Å². The van der Waals surface area contributed by atoms with Crippen molar-refractivity contribution < 1.29 is 13.3 Å². The van der Waals surface area contributed by atoms with Crippen LogP contribution in [-0.4, -0.2) is 25.9 Å². The lowest BCUT2D eigenvalue weighted by Gasteiger charge is -2.17. The molecule has 0 spiro atoms. The van der Waals surface area contributed by atoms with Crippen LogP contribution in [0.15, 0.2) is 23.1 Å². The Morgan fingerprint density at radius 1 is 1.41 bits per heavy atom. The zero-order valence-corrected chi connectivity index (χ0v) is 14.2. The lowest BCUT2D eigenvalue weighted by atomic mass is 10.1. The number of hydrogen-bond acceptors (Lipinski definition) is 5. The van der Waals surface area contributed by atoms with E-state index < -0.39 is 14.9 Å². The molecule has 126 valence electrons. The van der Waals surface area contributed by atoms with Gasteiger partial charge in [-0.15, -0.1) is 12.4 Å². The summed E-state index contributed by atoms with van der Waals surface area (Å²) in [5, 5.41) is 10.8. The van der Waals surface area contributed by atoms with Crippen LogP contribution in [0, 0.1) is 17.0 Å². The molecule has 3 N–H and O–H groups in total. The van der Waals surface area contributed by atoms with Crippen molar-refractivity contribution in [3.05, 3.63) is 33.9 Å². The van der Waals surface area contributed by atoms with Gasteiger partial charge >= 0.3 is 0 Å². The van der Waals surface area contributed by atoms with Crippen molar-refractivity contribution in [2.45, 2.75) is 44.0 Å². The zero-order valence-electron chi connectivity index (χ0n) is 12.6. The van der Waals surface area contributed by atoms with Gasteiger partial charge in [-0.25, -0.2) is 13.1 Å². The predicted molar refractivity (Wildman–Crippen MR) is 87.8 cm³/mol. The van der Waals surface area contributed by atoms with Crippen LogP contribution in [0.5, 0.6) is 0 Å². The van der Waals surface area contributed by atoms with Gasteiger partial charge in [-0.1, -0.05) is 25.8 Å². The topological polar surface area (TPSA) is 115 Å². The summed E-state index contributed by atoms with van der Waals surface area (Å²) in [5.74, 6) is 0. The van der Waals surface area contributed by atoms with Crippen molar-refractivity contribution in [1.29, 1.82) is 0 Å². The first kappa shape index (κ1) is 20.8. The molecule has 1 rings (SSSR count). The number of halogens is 1. The van der Waals surface area contributed by atoms with Crippen LogP contribution >= 0.6 is 12.4 Å². The maximum absolute atomic E-state index is 12.4. The van der Waals surface area contributed by atoms with Gasteiger partial charge < -0.3 is 5.73 Å². The number of unbranched alkanes of at least 4 members (excludes halogenated alkanes) is 1. The summed E-state index contributed by atoms with van der Waals surface area (Å²) in [5.41, 5.74) is 5.79. The molecular formula is C13H22ClN3O4S. The summed E-state index contributed by atoms with van der Waals surface area (Å²) >= 11 is 0. The number of non-ortho nitro benzene ring substituents is 1. The maximum atomic E-state index is 12.4. The minimum atomic E-state index is -3.82. The quantitative estimate of drug-likeness (QED) is 0.549. The highest BCUT2D eigenvalue weighted by molar-refractivity contribution is 7.89. The minimum Gasteiger partial charge on any atom is -0.329 e. The highest BCUT2D eigenvalue weighted by atomic mass is 35.5. The van der Waals surface area contributed by atoms with Crippen molar-refractivity contribution in [3.8, 4) is 0 Å². The third-order valence-electron chi connectivity index (χ3n) is 3.18. The maximum Gasteiger partial charge on any atom is 0.270 e. The average Bonchev–Trinajstić information content (AvgIpc) is 2.43. The number of nitrogens with two attached hydrogens (primary N) is 1. The van der Waals surface area contributed by atoms with Crippen LogP contribution in [-0.2, 0) is 10.0 Å². The molecule has 0 saturated heterocycles. The third kappa shape index (κ3) is 5.53. The van der Waals surface area contributed by atoms with Crippen molar-refractivity contribution >= 4 is 28.1 Å². The van der Waals surface area contributed by atoms with Gasteiger partial charge in [0.05, 0.1) is 9.82 Å². The monoisotopic (exact) mass is 351 g/mol. The molecule has 0 aliphatic heterocycles. The normalized spacial score (nSPS) is 12.5. The van der Waals surface area contributed by atoms with E-state index in [4.69, 9.17) is 5.73 Å². The Labute approximate surface area is 136 Å². The molecule has 1 atom stereocenters. The average molecular weight is 352 g/mol. The lowest BCUT2D eigenvalue weighted by Crippen LogP contribution is -2.40. The Bertz CT molecular complexity index is 607. The molecule has 0 aliphatic rings. The molecule has 0 heterocycles. The summed E-state index contributed by atoms with van der Waals surface area (Å²) in [6, 6.07) is 3.42. The molecule has 1 unspecified atom stereocenters. The first-order valence-corrected chi connectivity index (χ1v) is 8.27. The molecule has 1 aromatic carbocycles. The molecule has 7 nitrogen and oxygen atoms in total. The number of nitrogens with one attached hydrogen (secondary N) is 1. The van der Waals surface area contributed by atoms with Gasteiger partial charge in [-0.05, 0) is 18.9 Å². The fourth-order valence-corrected chi connectivity index (χ4v) is 3.50. The van der Waals surface area contributed by atoms with E-state index >= 15 is 0 Å². The number of nitrogens with zero attached hydrogens (tertiary/aromatic N) is 1. The van der Waals surface area contributed by atoms with Crippen LogP contribution in [0.2, 0.25) is 0 Å². The Hall–Kier alpha value is -1.22. The van der Waals surface area contributed by atoms with Gasteiger partial charge in [-0.2, -0.15) is 0 Å². The number of nitro benzene ring substituents is 1. The van der Waals surface area contributed by atoms with E-state index in [9.17, 15) is 18.5 Å². The molecule has 1 aromatic rings. The lowest BCUT2D eigenvalue weighted by molar-refractivity contribution is -0.385. The van der Waals surface area contributed by atoms with Gasteiger partial charge in [-0.3, -0.25) is 10.1 Å². The molecule has 0 aromatic heterocycles. The van der Waals surface area contributed by atoms with Gasteiger partial charge in [0.1, 0.15) is 0 Å². The van der Waals surface area contributed by atoms with Crippen LogP contribution in [0.1, 0.15) is 31.7 Å². The molecule has 0 amide bonds. The van der Waals surface area contributed by atoms with Crippen molar-refractivity contribution in [2.24, 2.45) is 5.73 Å². The van der Waals surface area contributed by atoms with E-state index in [0.717, 1.165) is 18.9 Å². The van der Waals surface area contributed by atoms with E-state index in [1.807, 2.05) is 6.92 Å². The molecule has 0 bridgehead atoms. The summed E-state index contributed by atoms with van der Waals surface area (Å²) in [6.07, 6.45) is 2.44. The fourth-order valence-electron chi connectivity index (χ4n) is 1.95. The Balaban J connectivity index is 0.00000441. The van der Waals surface area contributed by atoms with Crippen molar-refractivity contribution in [3.63, 3.8) is 0 Å². The molecular weight excluding hydrogens is 330 g/mol. The molecule has 22 heavy (non-hydrogen) atoms. The smallest absolute Gasteiger partial charge is 0.270 e. The number of rotatable bonds is 8. The second kappa shape index (κ2) is 9.04. The number of nitro groups is 1. The molecule has 9 heteroatoms. The Kier molecular flexibility index (Phi) is 8.54. The van der Waals surface area contributed by atoms with Crippen molar-refractivity contribution in [2.75, 3.05) is 6.54 Å². The summed E-state index contributed by atoms with van der Waals surface area (Å²) in [6.45, 7) is 3.79.